The van der Waals surface area contributed by atoms with Gasteiger partial charge in [-0.3, -0.25) is 0 Å². The van der Waals surface area contributed by atoms with E-state index in [4.69, 9.17) is 0 Å². The van der Waals surface area contributed by atoms with Crippen LogP contribution in [0.5, 0.6) is 0 Å². The summed E-state index contributed by atoms with van der Waals surface area (Å²) in [5.41, 5.74) is -0.627. The van der Waals surface area contributed by atoms with Crippen LogP contribution >= 0.6 is 0 Å². The van der Waals surface area contributed by atoms with Gasteiger partial charge in [0.2, 0.25) is 0 Å². The molecule has 1 aliphatic rings. The monoisotopic (exact) mass is 256 g/mol. The molecule has 1 unspecified atom stereocenters. The fourth-order valence-corrected chi connectivity index (χ4v) is 3.09. The number of nitrogens with zero attached hydrogens (tertiary/aromatic N) is 1. The van der Waals surface area contributed by atoms with E-state index in [2.05, 4.69) is 19.2 Å². The molecule has 0 saturated heterocycles. The Bertz CT molecular complexity index is 231. The summed E-state index contributed by atoms with van der Waals surface area (Å²) in [6, 6.07) is 0.605. The quantitative estimate of drug-likeness (QED) is 0.764. The van der Waals surface area contributed by atoms with Gasteiger partial charge in [0.1, 0.15) is 0 Å². The molecule has 0 aromatic heterocycles. The van der Waals surface area contributed by atoms with Crippen molar-refractivity contribution in [1.29, 1.82) is 0 Å². The number of likely N-dealkylation sites (N-methyl/N-ethyl adjacent to an activating group) is 1. The fraction of sp³-hybridized carbons (Fsp3) is 1.00. The first kappa shape index (κ1) is 15.9. The minimum atomic E-state index is -0.627. The number of rotatable bonds is 6. The van der Waals surface area contributed by atoms with Gasteiger partial charge in [0.15, 0.2) is 0 Å². The van der Waals surface area contributed by atoms with Crippen LogP contribution in [0.2, 0.25) is 0 Å². The fourth-order valence-electron chi connectivity index (χ4n) is 3.09. The molecule has 0 aromatic rings. The van der Waals surface area contributed by atoms with Gasteiger partial charge in [-0.2, -0.15) is 0 Å². The van der Waals surface area contributed by atoms with Gasteiger partial charge in [0.25, 0.3) is 0 Å². The van der Waals surface area contributed by atoms with E-state index >= 15 is 0 Å². The Hall–Kier alpha value is -0.120. The standard InChI is InChI=1S/C15H32N2O/c1-12(2)13-6-8-14(9-7-13)16-10-15(3,18)11-17(4)5/h12-14,16,18H,6-11H2,1-5H3. The number of hydrogen-bond donors (Lipinski definition) is 2. The van der Waals surface area contributed by atoms with Gasteiger partial charge in [-0.25, -0.2) is 0 Å². The van der Waals surface area contributed by atoms with Crippen LogP contribution < -0.4 is 5.32 Å². The van der Waals surface area contributed by atoms with Crippen molar-refractivity contribution in [1.82, 2.24) is 10.2 Å². The van der Waals surface area contributed by atoms with Gasteiger partial charge < -0.3 is 15.3 Å². The van der Waals surface area contributed by atoms with Crippen molar-refractivity contribution in [2.75, 3.05) is 27.2 Å². The van der Waals surface area contributed by atoms with Crippen LogP contribution in [0.4, 0.5) is 0 Å². The highest BCUT2D eigenvalue weighted by molar-refractivity contribution is 4.83. The molecule has 1 atom stereocenters. The molecule has 0 amide bonds. The lowest BCUT2D eigenvalue weighted by Gasteiger charge is -2.34. The van der Waals surface area contributed by atoms with Crippen molar-refractivity contribution < 1.29 is 5.11 Å². The van der Waals surface area contributed by atoms with E-state index in [-0.39, 0.29) is 0 Å². The molecule has 0 spiro atoms. The average Bonchev–Trinajstić information content (AvgIpc) is 2.25. The van der Waals surface area contributed by atoms with E-state index < -0.39 is 5.60 Å². The van der Waals surface area contributed by atoms with Gasteiger partial charge in [0.05, 0.1) is 5.60 Å². The number of nitrogens with one attached hydrogen (secondary N) is 1. The lowest BCUT2D eigenvalue weighted by atomic mass is 9.79. The number of hydrogen-bond acceptors (Lipinski definition) is 3. The third-order valence-electron chi connectivity index (χ3n) is 4.14. The predicted octanol–water partition coefficient (Wildman–Crippen LogP) is 2.10. The first-order valence-electron chi connectivity index (χ1n) is 7.40. The topological polar surface area (TPSA) is 35.5 Å². The highest BCUT2D eigenvalue weighted by Gasteiger charge is 2.26. The van der Waals surface area contributed by atoms with Crippen LogP contribution in [0, 0.1) is 11.8 Å². The van der Waals surface area contributed by atoms with E-state index in [9.17, 15) is 5.11 Å². The van der Waals surface area contributed by atoms with Crippen molar-refractivity contribution in [2.24, 2.45) is 11.8 Å². The first-order chi connectivity index (χ1) is 8.30. The van der Waals surface area contributed by atoms with E-state index in [0.717, 1.165) is 11.8 Å². The van der Waals surface area contributed by atoms with Gasteiger partial charge >= 0.3 is 0 Å². The summed E-state index contributed by atoms with van der Waals surface area (Å²) in [5, 5.41) is 13.8. The van der Waals surface area contributed by atoms with Crippen molar-refractivity contribution in [3.63, 3.8) is 0 Å². The molecule has 3 heteroatoms. The zero-order valence-corrected chi connectivity index (χ0v) is 12.9. The summed E-state index contributed by atoms with van der Waals surface area (Å²) in [4.78, 5) is 2.04. The second kappa shape index (κ2) is 6.88. The zero-order valence-electron chi connectivity index (χ0n) is 12.9. The molecule has 0 aromatic carbocycles. The summed E-state index contributed by atoms with van der Waals surface area (Å²) >= 11 is 0. The third-order valence-corrected chi connectivity index (χ3v) is 4.14. The largest absolute Gasteiger partial charge is 0.388 e. The van der Waals surface area contributed by atoms with Crippen LogP contribution in [0.1, 0.15) is 46.5 Å². The molecule has 0 radical (unpaired) electrons. The minimum absolute atomic E-state index is 0.605. The highest BCUT2D eigenvalue weighted by Crippen LogP contribution is 2.29. The predicted molar refractivity (Wildman–Crippen MR) is 77.8 cm³/mol. The summed E-state index contributed by atoms with van der Waals surface area (Å²) < 4.78 is 0. The maximum Gasteiger partial charge on any atom is 0.0869 e. The summed E-state index contributed by atoms with van der Waals surface area (Å²) in [6.45, 7) is 7.99. The molecule has 0 bridgehead atoms. The lowest BCUT2D eigenvalue weighted by molar-refractivity contribution is 0.0292. The lowest BCUT2D eigenvalue weighted by Crippen LogP contribution is -2.48. The Balaban J connectivity index is 2.25. The van der Waals surface area contributed by atoms with Crippen LogP contribution in [0.25, 0.3) is 0 Å². The van der Waals surface area contributed by atoms with Crippen LogP contribution in [0.15, 0.2) is 0 Å². The maximum absolute atomic E-state index is 10.3. The molecule has 0 heterocycles. The second-order valence-electron chi connectivity index (χ2n) is 6.97. The molecular weight excluding hydrogens is 224 g/mol. The average molecular weight is 256 g/mol. The van der Waals surface area contributed by atoms with Gasteiger partial charge in [-0.05, 0) is 58.5 Å². The Morgan fingerprint density at radius 1 is 1.22 bits per heavy atom. The van der Waals surface area contributed by atoms with Crippen molar-refractivity contribution >= 4 is 0 Å². The van der Waals surface area contributed by atoms with Crippen LogP contribution in [0.3, 0.4) is 0 Å². The Kier molecular flexibility index (Phi) is 6.09. The maximum atomic E-state index is 10.3. The van der Waals surface area contributed by atoms with Crippen molar-refractivity contribution in [3.8, 4) is 0 Å². The van der Waals surface area contributed by atoms with E-state index in [0.29, 0.717) is 19.1 Å². The van der Waals surface area contributed by atoms with Gasteiger partial charge in [-0.1, -0.05) is 13.8 Å². The summed E-state index contributed by atoms with van der Waals surface area (Å²) in [5.74, 6) is 1.73. The molecular formula is C15H32N2O. The molecule has 18 heavy (non-hydrogen) atoms. The normalized spacial score (nSPS) is 28.7. The zero-order chi connectivity index (χ0) is 13.8. The van der Waals surface area contributed by atoms with Crippen LogP contribution in [-0.2, 0) is 0 Å². The molecule has 1 fully saturated rings. The van der Waals surface area contributed by atoms with Gasteiger partial charge in [0, 0.05) is 19.1 Å². The van der Waals surface area contributed by atoms with E-state index in [1.54, 1.807) is 0 Å². The molecule has 3 nitrogen and oxygen atoms in total. The van der Waals surface area contributed by atoms with Crippen LogP contribution in [-0.4, -0.2) is 48.8 Å². The molecule has 1 saturated carbocycles. The third kappa shape index (κ3) is 5.68. The minimum Gasteiger partial charge on any atom is -0.388 e. The van der Waals surface area contributed by atoms with Gasteiger partial charge in [-0.15, -0.1) is 0 Å². The van der Waals surface area contributed by atoms with Crippen molar-refractivity contribution in [3.05, 3.63) is 0 Å². The Morgan fingerprint density at radius 2 is 1.78 bits per heavy atom. The SMILES string of the molecule is CC(C)C1CCC(NCC(C)(O)CN(C)C)CC1. The summed E-state index contributed by atoms with van der Waals surface area (Å²) in [6.07, 6.45) is 5.21. The van der Waals surface area contributed by atoms with Crippen molar-refractivity contribution in [2.45, 2.75) is 58.1 Å². The van der Waals surface area contributed by atoms with E-state index in [1.165, 1.54) is 25.7 Å². The molecule has 2 N–H and O–H groups in total. The second-order valence-corrected chi connectivity index (χ2v) is 6.97. The molecule has 1 aliphatic carbocycles. The number of aliphatic hydroxyl groups is 1. The Labute approximate surface area is 113 Å². The highest BCUT2D eigenvalue weighted by atomic mass is 16.3. The molecule has 108 valence electrons. The first-order valence-corrected chi connectivity index (χ1v) is 7.40. The molecule has 1 rings (SSSR count). The molecule has 0 aliphatic heterocycles. The Morgan fingerprint density at radius 3 is 2.22 bits per heavy atom. The smallest absolute Gasteiger partial charge is 0.0869 e. The summed E-state index contributed by atoms with van der Waals surface area (Å²) in [7, 11) is 4.00. The van der Waals surface area contributed by atoms with E-state index in [1.807, 2.05) is 25.9 Å².